The van der Waals surface area contributed by atoms with Crippen LogP contribution in [0.15, 0.2) is 18.3 Å². The smallest absolute Gasteiger partial charge is 0.137 e. The molecule has 0 fully saturated rings. The van der Waals surface area contributed by atoms with Crippen molar-refractivity contribution in [1.82, 2.24) is 4.98 Å². The summed E-state index contributed by atoms with van der Waals surface area (Å²) in [6.07, 6.45) is 2.52. The van der Waals surface area contributed by atoms with Crippen molar-refractivity contribution in [2.75, 3.05) is 7.11 Å². The lowest BCUT2D eigenvalue weighted by Gasteiger charge is -2.04. The maximum absolute atomic E-state index is 5.62. The van der Waals surface area contributed by atoms with Gasteiger partial charge in [-0.2, -0.15) is 0 Å². The van der Waals surface area contributed by atoms with E-state index in [2.05, 4.69) is 4.98 Å². The Morgan fingerprint density at radius 1 is 1.58 bits per heavy atom. The molecule has 0 aromatic carbocycles. The molecule has 0 amide bonds. The molecule has 1 atom stereocenters. The number of aromatic nitrogens is 1. The predicted molar refractivity (Wildman–Crippen MR) is 48.1 cm³/mol. The Hall–Kier alpha value is -1.09. The second kappa shape index (κ2) is 4.07. The molecular formula is C9H14N2O. The van der Waals surface area contributed by atoms with E-state index < -0.39 is 0 Å². The SMILES string of the molecule is COc1ccc(C[C@H](C)N)nc1. The van der Waals surface area contributed by atoms with Gasteiger partial charge in [0, 0.05) is 18.2 Å². The van der Waals surface area contributed by atoms with E-state index in [1.165, 1.54) is 0 Å². The Kier molecular flexibility index (Phi) is 3.05. The molecule has 0 spiro atoms. The number of ether oxygens (including phenoxy) is 1. The lowest BCUT2D eigenvalue weighted by Crippen LogP contribution is -2.18. The summed E-state index contributed by atoms with van der Waals surface area (Å²) in [4.78, 5) is 4.18. The zero-order valence-corrected chi connectivity index (χ0v) is 7.45. The van der Waals surface area contributed by atoms with E-state index in [4.69, 9.17) is 10.5 Å². The maximum atomic E-state index is 5.62. The van der Waals surface area contributed by atoms with Crippen molar-refractivity contribution in [2.45, 2.75) is 19.4 Å². The summed E-state index contributed by atoms with van der Waals surface area (Å²) in [6, 6.07) is 3.98. The molecule has 0 radical (unpaired) electrons. The molecular weight excluding hydrogens is 152 g/mol. The van der Waals surface area contributed by atoms with E-state index in [-0.39, 0.29) is 6.04 Å². The molecule has 0 saturated heterocycles. The van der Waals surface area contributed by atoms with Gasteiger partial charge < -0.3 is 10.5 Å². The predicted octanol–water partition coefficient (Wildman–Crippen LogP) is 0.980. The first-order chi connectivity index (χ1) is 5.72. The molecule has 0 bridgehead atoms. The van der Waals surface area contributed by atoms with E-state index in [0.29, 0.717) is 0 Å². The zero-order valence-electron chi connectivity index (χ0n) is 7.45. The Bertz CT molecular complexity index is 231. The molecule has 1 rings (SSSR count). The minimum atomic E-state index is 0.158. The van der Waals surface area contributed by atoms with Crippen molar-refractivity contribution in [3.8, 4) is 5.75 Å². The molecule has 0 aliphatic rings. The lowest BCUT2D eigenvalue weighted by molar-refractivity contribution is 0.412. The standard InChI is InChI=1S/C9H14N2O/c1-7(10)5-8-3-4-9(12-2)6-11-8/h3-4,6-7H,5,10H2,1-2H3/t7-/m0/s1. The van der Waals surface area contributed by atoms with Crippen LogP contribution in [0.1, 0.15) is 12.6 Å². The van der Waals surface area contributed by atoms with Gasteiger partial charge in [-0.15, -0.1) is 0 Å². The van der Waals surface area contributed by atoms with Gasteiger partial charge in [-0.05, 0) is 19.1 Å². The molecule has 0 unspecified atom stereocenters. The van der Waals surface area contributed by atoms with Gasteiger partial charge in [-0.3, -0.25) is 4.98 Å². The fourth-order valence-corrected chi connectivity index (χ4v) is 0.982. The van der Waals surface area contributed by atoms with Crippen LogP contribution in [0.5, 0.6) is 5.75 Å². The number of hydrogen-bond acceptors (Lipinski definition) is 3. The van der Waals surface area contributed by atoms with Crippen LogP contribution >= 0.6 is 0 Å². The highest BCUT2D eigenvalue weighted by atomic mass is 16.5. The van der Waals surface area contributed by atoms with Crippen molar-refractivity contribution in [1.29, 1.82) is 0 Å². The van der Waals surface area contributed by atoms with Crippen LogP contribution in [-0.2, 0) is 6.42 Å². The minimum Gasteiger partial charge on any atom is -0.495 e. The van der Waals surface area contributed by atoms with Crippen LogP contribution in [0.3, 0.4) is 0 Å². The van der Waals surface area contributed by atoms with E-state index in [1.807, 2.05) is 19.1 Å². The van der Waals surface area contributed by atoms with Crippen molar-refractivity contribution in [2.24, 2.45) is 5.73 Å². The quantitative estimate of drug-likeness (QED) is 0.728. The number of rotatable bonds is 3. The summed E-state index contributed by atoms with van der Waals surface area (Å²) >= 11 is 0. The highest BCUT2D eigenvalue weighted by molar-refractivity contribution is 5.19. The Morgan fingerprint density at radius 2 is 2.33 bits per heavy atom. The number of hydrogen-bond donors (Lipinski definition) is 1. The van der Waals surface area contributed by atoms with Crippen LogP contribution in [0.25, 0.3) is 0 Å². The third kappa shape index (κ3) is 2.51. The average Bonchev–Trinajstić information content (AvgIpc) is 2.05. The average molecular weight is 166 g/mol. The third-order valence-electron chi connectivity index (χ3n) is 1.56. The molecule has 0 aliphatic carbocycles. The van der Waals surface area contributed by atoms with Crippen molar-refractivity contribution in [3.05, 3.63) is 24.0 Å². The van der Waals surface area contributed by atoms with Crippen LogP contribution in [0, 0.1) is 0 Å². The van der Waals surface area contributed by atoms with Gasteiger partial charge in [0.25, 0.3) is 0 Å². The maximum Gasteiger partial charge on any atom is 0.137 e. The van der Waals surface area contributed by atoms with E-state index in [9.17, 15) is 0 Å². The topological polar surface area (TPSA) is 48.1 Å². The number of nitrogens with zero attached hydrogens (tertiary/aromatic N) is 1. The first-order valence-corrected chi connectivity index (χ1v) is 3.97. The van der Waals surface area contributed by atoms with Crippen LogP contribution < -0.4 is 10.5 Å². The summed E-state index contributed by atoms with van der Waals surface area (Å²) in [7, 11) is 1.63. The van der Waals surface area contributed by atoms with Crippen LogP contribution in [0.2, 0.25) is 0 Å². The van der Waals surface area contributed by atoms with Crippen molar-refractivity contribution >= 4 is 0 Å². The van der Waals surface area contributed by atoms with Gasteiger partial charge in [-0.1, -0.05) is 0 Å². The molecule has 1 heterocycles. The van der Waals surface area contributed by atoms with E-state index in [0.717, 1.165) is 17.9 Å². The Balaban J connectivity index is 2.65. The number of pyridine rings is 1. The highest BCUT2D eigenvalue weighted by Crippen LogP contribution is 2.08. The van der Waals surface area contributed by atoms with Gasteiger partial charge in [0.15, 0.2) is 0 Å². The summed E-state index contributed by atoms with van der Waals surface area (Å²) in [5, 5.41) is 0. The fraction of sp³-hybridized carbons (Fsp3) is 0.444. The molecule has 12 heavy (non-hydrogen) atoms. The monoisotopic (exact) mass is 166 g/mol. The van der Waals surface area contributed by atoms with Gasteiger partial charge in [-0.25, -0.2) is 0 Å². The highest BCUT2D eigenvalue weighted by Gasteiger charge is 1.98. The van der Waals surface area contributed by atoms with E-state index in [1.54, 1.807) is 13.3 Å². The van der Waals surface area contributed by atoms with Crippen molar-refractivity contribution in [3.63, 3.8) is 0 Å². The van der Waals surface area contributed by atoms with Gasteiger partial charge in [0.1, 0.15) is 5.75 Å². The van der Waals surface area contributed by atoms with Gasteiger partial charge >= 0.3 is 0 Å². The fourth-order valence-electron chi connectivity index (χ4n) is 0.982. The summed E-state index contributed by atoms with van der Waals surface area (Å²) in [6.45, 7) is 1.96. The first kappa shape index (κ1) is 9.00. The molecule has 3 heteroatoms. The molecule has 2 N–H and O–H groups in total. The number of nitrogens with two attached hydrogens (primary N) is 1. The first-order valence-electron chi connectivity index (χ1n) is 3.97. The normalized spacial score (nSPS) is 12.6. The third-order valence-corrected chi connectivity index (χ3v) is 1.56. The van der Waals surface area contributed by atoms with Crippen LogP contribution in [0.4, 0.5) is 0 Å². The Labute approximate surface area is 72.6 Å². The van der Waals surface area contributed by atoms with E-state index >= 15 is 0 Å². The second-order valence-electron chi connectivity index (χ2n) is 2.87. The summed E-state index contributed by atoms with van der Waals surface area (Å²) < 4.78 is 4.98. The number of methoxy groups -OCH3 is 1. The molecule has 0 aliphatic heterocycles. The molecule has 3 nitrogen and oxygen atoms in total. The Morgan fingerprint density at radius 3 is 2.75 bits per heavy atom. The molecule has 1 aromatic rings. The molecule has 66 valence electrons. The largest absolute Gasteiger partial charge is 0.495 e. The zero-order chi connectivity index (χ0) is 8.97. The van der Waals surface area contributed by atoms with Gasteiger partial charge in [0.05, 0.1) is 13.3 Å². The molecule has 0 saturated carbocycles. The summed E-state index contributed by atoms with van der Waals surface area (Å²) in [5.74, 6) is 0.781. The minimum absolute atomic E-state index is 0.158. The molecule has 1 aromatic heterocycles. The van der Waals surface area contributed by atoms with Gasteiger partial charge in [0.2, 0.25) is 0 Å². The summed E-state index contributed by atoms with van der Waals surface area (Å²) in [5.41, 5.74) is 6.63. The lowest BCUT2D eigenvalue weighted by atomic mass is 10.2. The van der Waals surface area contributed by atoms with Crippen molar-refractivity contribution < 1.29 is 4.74 Å². The van der Waals surface area contributed by atoms with Crippen LogP contribution in [-0.4, -0.2) is 18.1 Å². The second-order valence-corrected chi connectivity index (χ2v) is 2.87.